The standard InChI is InChI=1S/C23H32N6O7S/c1-11(30)19(25)22(34)29-17(10-37)21(33)28-16(8-12-9-26-14-5-3-2-4-13(12)14)20(32)27-15(23(35)36)6-7-18(24)31/h2-5,9,11,15-17,19,26,30,37H,6-8,10,25H2,1H3,(H2,24,31)(H,27,32)(H,28,33)(H,29,34)(H,35,36). The number of carboxylic acid groups (broad SMARTS) is 1. The largest absolute Gasteiger partial charge is 0.480 e. The number of H-pyrrole nitrogens is 1. The molecule has 4 amide bonds. The van der Waals surface area contributed by atoms with Crippen LogP contribution in [0.1, 0.15) is 25.3 Å². The van der Waals surface area contributed by atoms with Crippen molar-refractivity contribution in [3.05, 3.63) is 36.0 Å². The SMILES string of the molecule is CC(O)C(N)C(=O)NC(CS)C(=O)NC(Cc1c[nH]c2ccccc12)C(=O)NC(CCC(N)=O)C(=O)O. The van der Waals surface area contributed by atoms with Crippen LogP contribution in [0.5, 0.6) is 0 Å². The van der Waals surface area contributed by atoms with Crippen LogP contribution in [0.15, 0.2) is 30.5 Å². The van der Waals surface area contributed by atoms with E-state index >= 15 is 0 Å². The van der Waals surface area contributed by atoms with Crippen molar-refractivity contribution in [2.75, 3.05) is 5.75 Å². The van der Waals surface area contributed by atoms with Gasteiger partial charge >= 0.3 is 5.97 Å². The molecular weight excluding hydrogens is 504 g/mol. The molecule has 2 rings (SSSR count). The minimum absolute atomic E-state index is 0.0236. The first kappa shape index (κ1) is 29.6. The maximum absolute atomic E-state index is 13.2. The summed E-state index contributed by atoms with van der Waals surface area (Å²) in [4.78, 5) is 64.2. The van der Waals surface area contributed by atoms with Gasteiger partial charge in [-0.25, -0.2) is 4.79 Å². The second kappa shape index (κ2) is 13.6. The minimum atomic E-state index is -1.42. The summed E-state index contributed by atoms with van der Waals surface area (Å²) in [7, 11) is 0. The number of carboxylic acids is 1. The summed E-state index contributed by atoms with van der Waals surface area (Å²) in [5.74, 6) is -4.64. The Hall–Kier alpha value is -3.62. The van der Waals surface area contributed by atoms with Gasteiger partial charge in [-0.1, -0.05) is 18.2 Å². The van der Waals surface area contributed by atoms with E-state index in [1.54, 1.807) is 12.3 Å². The van der Waals surface area contributed by atoms with Gasteiger partial charge < -0.3 is 42.6 Å². The van der Waals surface area contributed by atoms with E-state index in [2.05, 4.69) is 33.6 Å². The third-order valence-electron chi connectivity index (χ3n) is 5.66. The van der Waals surface area contributed by atoms with Gasteiger partial charge in [0.15, 0.2) is 0 Å². The molecule has 0 spiro atoms. The van der Waals surface area contributed by atoms with E-state index in [1.807, 2.05) is 18.2 Å². The first-order chi connectivity index (χ1) is 17.4. The van der Waals surface area contributed by atoms with Crippen LogP contribution in [-0.4, -0.2) is 80.8 Å². The number of aromatic amines is 1. The third-order valence-corrected chi connectivity index (χ3v) is 6.03. The number of hydrogen-bond donors (Lipinski definition) is 9. The minimum Gasteiger partial charge on any atom is -0.480 e. The van der Waals surface area contributed by atoms with E-state index < -0.39 is 59.9 Å². The fourth-order valence-corrected chi connectivity index (χ4v) is 3.76. The molecule has 0 aliphatic carbocycles. The van der Waals surface area contributed by atoms with E-state index in [0.717, 1.165) is 10.9 Å². The molecule has 10 N–H and O–H groups in total. The predicted octanol–water partition coefficient (Wildman–Crippen LogP) is -1.85. The zero-order valence-corrected chi connectivity index (χ0v) is 21.0. The lowest BCUT2D eigenvalue weighted by Gasteiger charge is -2.25. The van der Waals surface area contributed by atoms with Crippen molar-refractivity contribution in [3.63, 3.8) is 0 Å². The summed E-state index contributed by atoms with van der Waals surface area (Å²) in [6.45, 7) is 1.32. The third kappa shape index (κ3) is 8.48. The van der Waals surface area contributed by atoms with E-state index in [0.29, 0.717) is 5.56 Å². The van der Waals surface area contributed by atoms with Crippen molar-refractivity contribution in [3.8, 4) is 0 Å². The normalized spacial score (nSPS) is 15.1. The number of nitrogens with one attached hydrogen (secondary N) is 4. The number of thiol groups is 1. The number of aliphatic carboxylic acids is 1. The average molecular weight is 537 g/mol. The van der Waals surface area contributed by atoms with Crippen LogP contribution in [0.25, 0.3) is 10.9 Å². The number of carbonyl (C=O) groups is 5. The molecule has 0 radical (unpaired) electrons. The Morgan fingerprint density at radius 2 is 1.59 bits per heavy atom. The molecule has 0 aliphatic rings. The van der Waals surface area contributed by atoms with Gasteiger partial charge in [-0.3, -0.25) is 19.2 Å². The highest BCUT2D eigenvalue weighted by Crippen LogP contribution is 2.19. The number of hydrogen-bond acceptors (Lipinski definition) is 8. The quantitative estimate of drug-likeness (QED) is 0.124. The number of nitrogens with two attached hydrogens (primary N) is 2. The predicted molar refractivity (Wildman–Crippen MR) is 137 cm³/mol. The zero-order valence-electron chi connectivity index (χ0n) is 20.1. The highest BCUT2D eigenvalue weighted by atomic mass is 32.1. The van der Waals surface area contributed by atoms with E-state index in [1.165, 1.54) is 6.92 Å². The van der Waals surface area contributed by atoms with Crippen molar-refractivity contribution in [1.82, 2.24) is 20.9 Å². The Bertz CT molecular complexity index is 1140. The number of carbonyl (C=O) groups excluding carboxylic acids is 4. The Morgan fingerprint density at radius 3 is 2.19 bits per heavy atom. The fourth-order valence-electron chi connectivity index (χ4n) is 3.50. The molecule has 1 heterocycles. The molecular formula is C23H32N6O7S. The fraction of sp³-hybridized carbons (Fsp3) is 0.435. The number of para-hydroxylation sites is 1. The second-order valence-corrected chi connectivity index (χ2v) is 8.90. The maximum atomic E-state index is 13.2. The van der Waals surface area contributed by atoms with Crippen molar-refractivity contribution < 1.29 is 34.2 Å². The molecule has 1 aromatic heterocycles. The summed E-state index contributed by atoms with van der Waals surface area (Å²) in [5, 5.41) is 27.0. The van der Waals surface area contributed by atoms with Crippen molar-refractivity contribution in [1.29, 1.82) is 0 Å². The Kier molecular flexibility index (Phi) is 10.9. The lowest BCUT2D eigenvalue weighted by atomic mass is 10.0. The zero-order chi connectivity index (χ0) is 27.7. The molecule has 13 nitrogen and oxygen atoms in total. The Labute approximate surface area is 218 Å². The van der Waals surface area contributed by atoms with Crippen molar-refractivity contribution in [2.45, 2.75) is 56.5 Å². The van der Waals surface area contributed by atoms with Gasteiger partial charge in [0.25, 0.3) is 0 Å². The smallest absolute Gasteiger partial charge is 0.326 e. The van der Waals surface area contributed by atoms with Gasteiger partial charge in [-0.2, -0.15) is 12.6 Å². The highest BCUT2D eigenvalue weighted by molar-refractivity contribution is 7.80. The average Bonchev–Trinajstić information content (AvgIpc) is 3.26. The Morgan fingerprint density at radius 1 is 1.00 bits per heavy atom. The van der Waals surface area contributed by atoms with Gasteiger partial charge in [-0.15, -0.1) is 0 Å². The first-order valence-corrected chi connectivity index (χ1v) is 12.1. The molecule has 1 aromatic carbocycles. The second-order valence-electron chi connectivity index (χ2n) is 8.54. The highest BCUT2D eigenvalue weighted by Gasteiger charge is 2.31. The van der Waals surface area contributed by atoms with E-state index in [9.17, 15) is 34.2 Å². The Balaban J connectivity index is 2.27. The molecule has 0 aliphatic heterocycles. The van der Waals surface area contributed by atoms with Crippen LogP contribution >= 0.6 is 12.6 Å². The molecule has 37 heavy (non-hydrogen) atoms. The lowest BCUT2D eigenvalue weighted by Crippen LogP contribution is -2.59. The number of aliphatic hydroxyl groups excluding tert-OH is 1. The van der Waals surface area contributed by atoms with Crippen LogP contribution in [0, 0.1) is 0 Å². The number of aromatic nitrogens is 1. The topological polar surface area (TPSA) is 230 Å². The van der Waals surface area contributed by atoms with Crippen molar-refractivity contribution in [2.24, 2.45) is 11.5 Å². The number of fused-ring (bicyclic) bond motifs is 1. The van der Waals surface area contributed by atoms with Crippen LogP contribution in [-0.2, 0) is 30.4 Å². The number of primary amides is 1. The number of amides is 4. The number of benzene rings is 1. The van der Waals surface area contributed by atoms with Gasteiger partial charge in [0.05, 0.1) is 6.10 Å². The van der Waals surface area contributed by atoms with Gasteiger partial charge in [0.2, 0.25) is 23.6 Å². The van der Waals surface area contributed by atoms with E-state index in [-0.39, 0.29) is 25.0 Å². The number of aliphatic hydroxyl groups is 1. The summed E-state index contributed by atoms with van der Waals surface area (Å²) in [6, 6.07) is 2.09. The summed E-state index contributed by atoms with van der Waals surface area (Å²) in [5.41, 5.74) is 12.2. The maximum Gasteiger partial charge on any atom is 0.326 e. The van der Waals surface area contributed by atoms with E-state index in [4.69, 9.17) is 11.5 Å². The van der Waals surface area contributed by atoms with Crippen molar-refractivity contribution >= 4 is 53.1 Å². The van der Waals surface area contributed by atoms with Crippen LogP contribution in [0.2, 0.25) is 0 Å². The molecule has 0 bridgehead atoms. The molecule has 0 saturated heterocycles. The molecule has 5 atom stereocenters. The lowest BCUT2D eigenvalue weighted by molar-refractivity contribution is -0.142. The summed E-state index contributed by atoms with van der Waals surface area (Å²) >= 11 is 4.08. The summed E-state index contributed by atoms with van der Waals surface area (Å²) < 4.78 is 0. The molecule has 202 valence electrons. The molecule has 0 fully saturated rings. The summed E-state index contributed by atoms with van der Waals surface area (Å²) in [6.07, 6.45) is -0.0369. The molecule has 2 aromatic rings. The van der Waals surface area contributed by atoms with Gasteiger partial charge in [-0.05, 0) is 25.0 Å². The first-order valence-electron chi connectivity index (χ1n) is 11.5. The number of rotatable bonds is 14. The van der Waals surface area contributed by atoms with Gasteiger partial charge in [0.1, 0.15) is 24.2 Å². The molecule has 0 saturated carbocycles. The van der Waals surface area contributed by atoms with Crippen LogP contribution < -0.4 is 27.4 Å². The van der Waals surface area contributed by atoms with Crippen LogP contribution in [0.4, 0.5) is 0 Å². The monoisotopic (exact) mass is 536 g/mol. The molecule has 5 unspecified atom stereocenters. The van der Waals surface area contributed by atoms with Crippen LogP contribution in [0.3, 0.4) is 0 Å². The molecule has 14 heteroatoms. The van der Waals surface area contributed by atoms with Gasteiger partial charge in [0, 0.05) is 35.7 Å².